The first kappa shape index (κ1) is 14.3. The summed E-state index contributed by atoms with van der Waals surface area (Å²) in [5, 5.41) is 8.96. The zero-order valence-corrected chi connectivity index (χ0v) is 12.9. The van der Waals surface area contributed by atoms with Crippen molar-refractivity contribution in [2.24, 2.45) is 0 Å². The Kier molecular flexibility index (Phi) is 3.55. The van der Waals surface area contributed by atoms with Gasteiger partial charge in [0.1, 0.15) is 11.4 Å². The smallest absolute Gasteiger partial charge is 0.261 e. The van der Waals surface area contributed by atoms with Gasteiger partial charge in [-0.2, -0.15) is 5.10 Å². The van der Waals surface area contributed by atoms with Gasteiger partial charge in [-0.15, -0.1) is 0 Å². The van der Waals surface area contributed by atoms with Crippen LogP contribution in [0.4, 0.5) is 11.5 Å². The van der Waals surface area contributed by atoms with Crippen LogP contribution >= 0.6 is 11.6 Å². The SMILES string of the molecule is O=c1[nH]ccc2c1c(Nc1ccc(Cl)cc1)nn2[C]1CCOC1. The van der Waals surface area contributed by atoms with E-state index in [-0.39, 0.29) is 5.56 Å². The van der Waals surface area contributed by atoms with E-state index >= 15 is 0 Å². The number of nitrogens with zero attached hydrogens (tertiary/aromatic N) is 2. The average Bonchev–Trinajstić information content (AvgIpc) is 3.18. The molecule has 1 aromatic carbocycles. The minimum atomic E-state index is -0.176. The Morgan fingerprint density at radius 3 is 2.83 bits per heavy atom. The van der Waals surface area contributed by atoms with Gasteiger partial charge in [-0.3, -0.25) is 9.48 Å². The van der Waals surface area contributed by atoms with Gasteiger partial charge in [0.15, 0.2) is 5.82 Å². The number of pyridine rings is 1. The van der Waals surface area contributed by atoms with Gasteiger partial charge in [0.25, 0.3) is 5.56 Å². The monoisotopic (exact) mass is 329 g/mol. The quantitative estimate of drug-likeness (QED) is 0.775. The second-order valence-electron chi connectivity index (χ2n) is 5.33. The number of hydrogen-bond acceptors (Lipinski definition) is 4. The van der Waals surface area contributed by atoms with Crippen LogP contribution in [-0.4, -0.2) is 28.0 Å². The highest BCUT2D eigenvalue weighted by atomic mass is 35.5. The van der Waals surface area contributed by atoms with E-state index in [1.54, 1.807) is 23.0 Å². The third-order valence-electron chi connectivity index (χ3n) is 3.81. The highest BCUT2D eigenvalue weighted by Gasteiger charge is 2.24. The molecule has 2 aromatic heterocycles. The topological polar surface area (TPSA) is 71.9 Å². The Bertz CT molecular complexity index is 895. The van der Waals surface area contributed by atoms with Crippen LogP contribution in [0.1, 0.15) is 6.42 Å². The maximum absolute atomic E-state index is 12.3. The molecule has 0 bridgehead atoms. The van der Waals surface area contributed by atoms with Crippen molar-refractivity contribution in [1.82, 2.24) is 14.8 Å². The number of fused-ring (bicyclic) bond motifs is 1. The maximum atomic E-state index is 12.3. The minimum Gasteiger partial charge on any atom is -0.379 e. The summed E-state index contributed by atoms with van der Waals surface area (Å²) < 4.78 is 7.21. The molecule has 23 heavy (non-hydrogen) atoms. The second kappa shape index (κ2) is 5.72. The van der Waals surface area contributed by atoms with Gasteiger partial charge in [-0.25, -0.2) is 0 Å². The minimum absolute atomic E-state index is 0.176. The molecule has 6 nitrogen and oxygen atoms in total. The number of anilines is 2. The van der Waals surface area contributed by atoms with Crippen LogP contribution in [0.2, 0.25) is 5.02 Å². The first-order chi connectivity index (χ1) is 11.2. The molecule has 4 rings (SSSR count). The van der Waals surface area contributed by atoms with Gasteiger partial charge < -0.3 is 15.0 Å². The van der Waals surface area contributed by atoms with E-state index in [0.717, 1.165) is 23.7 Å². The zero-order chi connectivity index (χ0) is 15.8. The van der Waals surface area contributed by atoms with Crippen LogP contribution in [0.15, 0.2) is 41.3 Å². The van der Waals surface area contributed by atoms with E-state index in [2.05, 4.69) is 15.4 Å². The van der Waals surface area contributed by atoms with Crippen LogP contribution in [-0.2, 0) is 4.74 Å². The van der Waals surface area contributed by atoms with Gasteiger partial charge in [-0.05, 0) is 30.3 Å². The van der Waals surface area contributed by atoms with E-state index in [9.17, 15) is 4.79 Å². The normalized spacial score (nSPS) is 15.3. The maximum Gasteiger partial charge on any atom is 0.261 e. The number of ether oxygens (including phenoxy) is 1. The molecule has 3 aromatic rings. The van der Waals surface area contributed by atoms with Crippen molar-refractivity contribution in [2.45, 2.75) is 6.42 Å². The molecule has 3 heterocycles. The lowest BCUT2D eigenvalue weighted by Crippen LogP contribution is -2.12. The zero-order valence-electron chi connectivity index (χ0n) is 12.2. The summed E-state index contributed by atoms with van der Waals surface area (Å²) in [5.41, 5.74) is 1.41. The van der Waals surface area contributed by atoms with E-state index in [4.69, 9.17) is 16.3 Å². The number of hydrogen-bond donors (Lipinski definition) is 2. The molecular weight excluding hydrogens is 316 g/mol. The number of nitrogens with one attached hydrogen (secondary N) is 2. The van der Waals surface area contributed by atoms with Crippen LogP contribution in [0, 0.1) is 6.04 Å². The highest BCUT2D eigenvalue weighted by Crippen LogP contribution is 2.28. The fourth-order valence-electron chi connectivity index (χ4n) is 2.69. The molecule has 1 aliphatic rings. The lowest BCUT2D eigenvalue weighted by molar-refractivity contribution is 0.199. The Morgan fingerprint density at radius 2 is 2.09 bits per heavy atom. The van der Waals surface area contributed by atoms with Crippen molar-refractivity contribution in [2.75, 3.05) is 18.5 Å². The van der Waals surface area contributed by atoms with E-state index < -0.39 is 0 Å². The Morgan fingerprint density at radius 1 is 1.26 bits per heavy atom. The third-order valence-corrected chi connectivity index (χ3v) is 4.07. The molecule has 1 fully saturated rings. The molecule has 0 saturated carbocycles. The fourth-order valence-corrected chi connectivity index (χ4v) is 2.82. The van der Waals surface area contributed by atoms with Gasteiger partial charge in [-0.1, -0.05) is 11.6 Å². The number of H-pyrrole nitrogens is 1. The Hall–Kier alpha value is -2.31. The average molecular weight is 330 g/mol. The molecule has 0 spiro atoms. The molecule has 1 aliphatic heterocycles. The summed E-state index contributed by atoms with van der Waals surface area (Å²) in [7, 11) is 0. The van der Waals surface area contributed by atoms with Crippen molar-refractivity contribution in [3.05, 3.63) is 57.9 Å². The third kappa shape index (κ3) is 2.60. The number of halogens is 1. The number of aromatic amines is 1. The molecule has 1 saturated heterocycles. The van der Waals surface area contributed by atoms with Crippen LogP contribution in [0.3, 0.4) is 0 Å². The van der Waals surface area contributed by atoms with Gasteiger partial charge >= 0.3 is 0 Å². The Balaban J connectivity index is 1.82. The van der Waals surface area contributed by atoms with Crippen molar-refractivity contribution in [3.8, 4) is 0 Å². The van der Waals surface area contributed by atoms with Crippen LogP contribution in [0.25, 0.3) is 10.9 Å². The number of rotatable bonds is 3. The van der Waals surface area contributed by atoms with Crippen LogP contribution < -0.4 is 10.9 Å². The summed E-state index contributed by atoms with van der Waals surface area (Å²) in [4.78, 5) is 15.0. The highest BCUT2D eigenvalue weighted by molar-refractivity contribution is 6.30. The van der Waals surface area contributed by atoms with Gasteiger partial charge in [0.05, 0.1) is 12.1 Å². The molecule has 117 valence electrons. The van der Waals surface area contributed by atoms with Crippen molar-refractivity contribution in [1.29, 1.82) is 0 Å². The molecule has 0 unspecified atom stereocenters. The molecule has 0 aliphatic carbocycles. The first-order valence-electron chi connectivity index (χ1n) is 7.28. The standard InChI is InChI=1S/C16H14ClN4O2/c17-10-1-3-11(4-2-10)19-15-14-13(5-7-18-16(14)22)21(20-15)12-6-8-23-9-12/h1-5,7H,6,8-9H2,(H,18,22)(H,19,20). The molecule has 0 atom stereocenters. The van der Waals surface area contributed by atoms with Gasteiger partial charge in [0.2, 0.25) is 0 Å². The largest absolute Gasteiger partial charge is 0.379 e. The Labute approximate surface area is 137 Å². The van der Waals surface area contributed by atoms with E-state index in [0.29, 0.717) is 29.4 Å². The fraction of sp³-hybridized carbons (Fsp3) is 0.188. The summed E-state index contributed by atoms with van der Waals surface area (Å²) in [6.45, 7) is 1.21. The van der Waals surface area contributed by atoms with Crippen molar-refractivity contribution >= 4 is 34.0 Å². The van der Waals surface area contributed by atoms with Crippen LogP contribution in [0.5, 0.6) is 0 Å². The predicted molar refractivity (Wildman–Crippen MR) is 89.2 cm³/mol. The number of benzene rings is 1. The lowest BCUT2D eigenvalue weighted by Gasteiger charge is -2.08. The summed E-state index contributed by atoms with van der Waals surface area (Å²) in [5.74, 6) is 0.517. The summed E-state index contributed by atoms with van der Waals surface area (Å²) in [6, 6.07) is 10.2. The molecule has 7 heteroatoms. The van der Waals surface area contributed by atoms with E-state index in [1.807, 2.05) is 18.2 Å². The molecular formula is C16H14ClN4O2. The summed E-state index contributed by atoms with van der Waals surface area (Å²) in [6.07, 6.45) is 2.44. The molecule has 0 amide bonds. The molecule has 2 N–H and O–H groups in total. The predicted octanol–water partition coefficient (Wildman–Crippen LogP) is 2.92. The lowest BCUT2D eigenvalue weighted by atomic mass is 10.2. The van der Waals surface area contributed by atoms with Gasteiger partial charge in [0, 0.05) is 29.9 Å². The second-order valence-corrected chi connectivity index (χ2v) is 5.76. The van der Waals surface area contributed by atoms with Crippen molar-refractivity contribution < 1.29 is 4.74 Å². The van der Waals surface area contributed by atoms with Crippen molar-refractivity contribution in [3.63, 3.8) is 0 Å². The molecule has 1 radical (unpaired) electrons. The summed E-state index contributed by atoms with van der Waals surface area (Å²) >= 11 is 5.91. The van der Waals surface area contributed by atoms with E-state index in [1.165, 1.54) is 0 Å². The number of aromatic nitrogens is 3. The first-order valence-corrected chi connectivity index (χ1v) is 7.66.